The number of aromatic nitrogens is 1. The maximum atomic E-state index is 13.4. The molecule has 24 heavy (non-hydrogen) atoms. The van der Waals surface area contributed by atoms with Crippen LogP contribution >= 0.6 is 24.0 Å². The van der Waals surface area contributed by atoms with E-state index in [2.05, 4.69) is 4.98 Å². The topological polar surface area (TPSA) is 68.1 Å². The number of nitrogens with two attached hydrogens (primary N) is 1. The Balaban J connectivity index is 0.00000208. The summed E-state index contributed by atoms with van der Waals surface area (Å²) in [6.07, 6.45) is 0. The number of ether oxygens (including phenoxy) is 1. The predicted octanol–water partition coefficient (Wildman–Crippen LogP) is 3.75. The van der Waals surface area contributed by atoms with E-state index in [1.54, 1.807) is 18.2 Å². The molecule has 0 aliphatic heterocycles. The third kappa shape index (κ3) is 3.53. The fourth-order valence-electron chi connectivity index (χ4n) is 2.43. The molecule has 0 aliphatic rings. The standard InChI is InChI=1S/C17H14ClFN2O2.ClH/c18-11-3-1-2-10(8-11)15-16(23-7-6-20)13-5-4-12(19)9-14(13)17(22)21-15;/h1-5,8-9H,6-7,20H2,(H,21,22);1H. The van der Waals surface area contributed by atoms with Crippen molar-refractivity contribution >= 4 is 34.8 Å². The Labute approximate surface area is 148 Å². The van der Waals surface area contributed by atoms with E-state index in [0.717, 1.165) is 0 Å². The first kappa shape index (κ1) is 18.3. The van der Waals surface area contributed by atoms with Gasteiger partial charge in [-0.1, -0.05) is 23.7 Å². The molecule has 2 aromatic carbocycles. The van der Waals surface area contributed by atoms with E-state index in [1.807, 2.05) is 6.07 Å². The summed E-state index contributed by atoms with van der Waals surface area (Å²) in [5, 5.41) is 1.29. The molecule has 0 radical (unpaired) electrons. The van der Waals surface area contributed by atoms with Crippen LogP contribution in [0.25, 0.3) is 22.0 Å². The van der Waals surface area contributed by atoms with Gasteiger partial charge in [-0.05, 0) is 30.3 Å². The molecule has 0 amide bonds. The fourth-order valence-corrected chi connectivity index (χ4v) is 2.62. The minimum Gasteiger partial charge on any atom is -0.489 e. The van der Waals surface area contributed by atoms with Crippen molar-refractivity contribution in [1.29, 1.82) is 0 Å². The van der Waals surface area contributed by atoms with E-state index in [4.69, 9.17) is 22.1 Å². The maximum absolute atomic E-state index is 13.4. The predicted molar refractivity (Wildman–Crippen MR) is 96.8 cm³/mol. The molecule has 1 aromatic heterocycles. The van der Waals surface area contributed by atoms with Crippen LogP contribution in [-0.4, -0.2) is 18.1 Å². The average Bonchev–Trinajstić information content (AvgIpc) is 2.54. The van der Waals surface area contributed by atoms with Gasteiger partial charge in [0.2, 0.25) is 0 Å². The second-order valence-electron chi connectivity index (χ2n) is 5.00. The Bertz CT molecular complexity index is 928. The Morgan fingerprint density at radius 2 is 1.96 bits per heavy atom. The molecule has 3 aromatic rings. The van der Waals surface area contributed by atoms with Crippen molar-refractivity contribution in [3.8, 4) is 17.0 Å². The highest BCUT2D eigenvalue weighted by Crippen LogP contribution is 2.34. The third-order valence-electron chi connectivity index (χ3n) is 3.41. The zero-order valence-electron chi connectivity index (χ0n) is 12.5. The number of nitrogens with one attached hydrogen (secondary N) is 1. The number of hydrogen-bond acceptors (Lipinski definition) is 3. The lowest BCUT2D eigenvalue weighted by molar-refractivity contribution is 0.332. The lowest BCUT2D eigenvalue weighted by Crippen LogP contribution is -2.15. The second-order valence-corrected chi connectivity index (χ2v) is 5.43. The van der Waals surface area contributed by atoms with Gasteiger partial charge in [-0.25, -0.2) is 4.39 Å². The molecule has 0 atom stereocenters. The Hall–Kier alpha value is -2.08. The van der Waals surface area contributed by atoms with Crippen molar-refractivity contribution in [1.82, 2.24) is 4.98 Å². The van der Waals surface area contributed by atoms with Crippen LogP contribution in [-0.2, 0) is 0 Å². The molecule has 0 saturated carbocycles. The molecule has 1 heterocycles. The molecule has 0 bridgehead atoms. The maximum Gasteiger partial charge on any atom is 0.256 e. The Kier molecular flexibility index (Phi) is 5.83. The zero-order valence-corrected chi connectivity index (χ0v) is 14.1. The Morgan fingerprint density at radius 3 is 2.67 bits per heavy atom. The van der Waals surface area contributed by atoms with E-state index < -0.39 is 11.4 Å². The summed E-state index contributed by atoms with van der Waals surface area (Å²) in [7, 11) is 0. The van der Waals surface area contributed by atoms with Crippen molar-refractivity contribution in [3.05, 3.63) is 63.7 Å². The van der Waals surface area contributed by atoms with Crippen LogP contribution in [0.4, 0.5) is 4.39 Å². The summed E-state index contributed by atoms with van der Waals surface area (Å²) < 4.78 is 19.2. The van der Waals surface area contributed by atoms with Crippen LogP contribution in [0, 0.1) is 5.82 Å². The lowest BCUT2D eigenvalue weighted by Gasteiger charge is -2.14. The van der Waals surface area contributed by atoms with Crippen molar-refractivity contribution < 1.29 is 9.13 Å². The van der Waals surface area contributed by atoms with E-state index in [1.165, 1.54) is 18.2 Å². The molecule has 7 heteroatoms. The summed E-state index contributed by atoms with van der Waals surface area (Å²) in [6.45, 7) is 0.586. The third-order valence-corrected chi connectivity index (χ3v) is 3.65. The number of pyridine rings is 1. The van der Waals surface area contributed by atoms with Gasteiger partial charge >= 0.3 is 0 Å². The van der Waals surface area contributed by atoms with Crippen molar-refractivity contribution in [2.24, 2.45) is 5.73 Å². The normalized spacial score (nSPS) is 10.5. The molecule has 3 N–H and O–H groups in total. The van der Waals surface area contributed by atoms with Gasteiger partial charge in [-0.2, -0.15) is 0 Å². The Morgan fingerprint density at radius 1 is 1.17 bits per heavy atom. The first-order valence-electron chi connectivity index (χ1n) is 7.04. The number of halogens is 3. The van der Waals surface area contributed by atoms with Crippen LogP contribution in [0.1, 0.15) is 0 Å². The molecule has 0 unspecified atom stereocenters. The van der Waals surface area contributed by atoms with Crippen LogP contribution in [0.5, 0.6) is 5.75 Å². The van der Waals surface area contributed by atoms with E-state index in [9.17, 15) is 9.18 Å². The molecule has 126 valence electrons. The van der Waals surface area contributed by atoms with Gasteiger partial charge in [0.25, 0.3) is 5.56 Å². The highest BCUT2D eigenvalue weighted by atomic mass is 35.5. The molecule has 0 spiro atoms. The SMILES string of the molecule is Cl.NCCOc1c(-c2cccc(Cl)c2)[nH]c(=O)c2cc(F)ccc12. The number of hydrogen-bond donors (Lipinski definition) is 2. The van der Waals surface area contributed by atoms with Crippen LogP contribution in [0.2, 0.25) is 5.02 Å². The minimum absolute atomic E-state index is 0. The second kappa shape index (κ2) is 7.66. The van der Waals surface area contributed by atoms with Crippen LogP contribution < -0.4 is 16.0 Å². The molecular weight excluding hydrogens is 354 g/mol. The highest BCUT2D eigenvalue weighted by Gasteiger charge is 2.15. The molecule has 3 rings (SSSR count). The van der Waals surface area contributed by atoms with Gasteiger partial charge < -0.3 is 15.5 Å². The number of fused-ring (bicyclic) bond motifs is 1. The first-order chi connectivity index (χ1) is 11.1. The van der Waals surface area contributed by atoms with Crippen molar-refractivity contribution in [3.63, 3.8) is 0 Å². The van der Waals surface area contributed by atoms with E-state index in [0.29, 0.717) is 34.0 Å². The van der Waals surface area contributed by atoms with Crippen LogP contribution in [0.15, 0.2) is 47.3 Å². The minimum atomic E-state index is -0.483. The molecule has 0 aliphatic carbocycles. The van der Waals surface area contributed by atoms with Gasteiger partial charge in [0.1, 0.15) is 12.4 Å². The summed E-state index contributed by atoms with van der Waals surface area (Å²) in [6, 6.07) is 11.0. The average molecular weight is 369 g/mol. The van der Waals surface area contributed by atoms with Gasteiger partial charge in [0.15, 0.2) is 5.75 Å². The van der Waals surface area contributed by atoms with Crippen molar-refractivity contribution in [2.75, 3.05) is 13.2 Å². The summed E-state index contributed by atoms with van der Waals surface area (Å²) in [5.41, 5.74) is 6.31. The molecule has 0 fully saturated rings. The van der Waals surface area contributed by atoms with E-state index in [-0.39, 0.29) is 24.4 Å². The summed E-state index contributed by atoms with van der Waals surface area (Å²) >= 11 is 6.03. The van der Waals surface area contributed by atoms with Gasteiger partial charge in [-0.3, -0.25) is 4.79 Å². The fraction of sp³-hybridized carbons (Fsp3) is 0.118. The largest absolute Gasteiger partial charge is 0.489 e. The van der Waals surface area contributed by atoms with Crippen molar-refractivity contribution in [2.45, 2.75) is 0 Å². The quantitative estimate of drug-likeness (QED) is 0.736. The number of benzene rings is 2. The number of rotatable bonds is 4. The van der Waals surface area contributed by atoms with Gasteiger partial charge in [0, 0.05) is 22.5 Å². The van der Waals surface area contributed by atoms with Gasteiger partial charge in [-0.15, -0.1) is 12.4 Å². The first-order valence-corrected chi connectivity index (χ1v) is 7.42. The number of aromatic amines is 1. The summed E-state index contributed by atoms with van der Waals surface area (Å²) in [5.74, 6) is -0.0319. The van der Waals surface area contributed by atoms with E-state index >= 15 is 0 Å². The molecule has 0 saturated heterocycles. The lowest BCUT2D eigenvalue weighted by atomic mass is 10.1. The summed E-state index contributed by atoms with van der Waals surface area (Å²) in [4.78, 5) is 15.1. The molecule has 4 nitrogen and oxygen atoms in total. The monoisotopic (exact) mass is 368 g/mol. The molecular formula is C17H15Cl2FN2O2. The highest BCUT2D eigenvalue weighted by molar-refractivity contribution is 6.30. The van der Waals surface area contributed by atoms with Crippen LogP contribution in [0.3, 0.4) is 0 Å². The smallest absolute Gasteiger partial charge is 0.256 e. The van der Waals surface area contributed by atoms with Gasteiger partial charge in [0.05, 0.1) is 11.1 Å². The number of H-pyrrole nitrogens is 1. The zero-order chi connectivity index (χ0) is 16.4.